The lowest BCUT2D eigenvalue weighted by atomic mass is 10.1. The van der Waals surface area contributed by atoms with E-state index in [1.807, 2.05) is 6.92 Å². The summed E-state index contributed by atoms with van der Waals surface area (Å²) in [5, 5.41) is 0. The van der Waals surface area contributed by atoms with Gasteiger partial charge in [-0.2, -0.15) is 0 Å². The van der Waals surface area contributed by atoms with E-state index in [0.29, 0.717) is 5.88 Å². The molecule has 0 atom stereocenters. The molecule has 0 unspecified atom stereocenters. The summed E-state index contributed by atoms with van der Waals surface area (Å²) < 4.78 is 5.27. The second-order valence-corrected chi connectivity index (χ2v) is 4.23. The van der Waals surface area contributed by atoms with Gasteiger partial charge in [0.2, 0.25) is 5.88 Å². The van der Waals surface area contributed by atoms with Crippen LogP contribution in [0.5, 0.6) is 5.88 Å². The fraction of sp³-hybridized carbons (Fsp3) is 0.500. The maximum atomic E-state index is 5.27. The van der Waals surface area contributed by atoms with Gasteiger partial charge in [-0.15, -0.1) is 0 Å². The number of nitrogens with zero attached hydrogens (tertiary/aromatic N) is 3. The van der Waals surface area contributed by atoms with E-state index < -0.39 is 0 Å². The molecule has 4 nitrogen and oxygen atoms in total. The van der Waals surface area contributed by atoms with E-state index in [9.17, 15) is 0 Å². The lowest BCUT2D eigenvalue weighted by Gasteiger charge is -2.28. The zero-order valence-corrected chi connectivity index (χ0v) is 9.86. The molecular weight excluding hydrogens is 202 g/mol. The molecule has 1 aromatic heterocycles. The van der Waals surface area contributed by atoms with Crippen LogP contribution in [-0.2, 0) is 13.0 Å². The Kier molecular flexibility index (Phi) is 3.19. The standard InChI is InChI=1S/C12H17N3O/c1-9(2)6-15-5-4-11-10(7-15)12(16-3)14-8-13-11/h8H,1,4-7H2,2-3H3. The van der Waals surface area contributed by atoms with Crippen LogP contribution in [0, 0.1) is 0 Å². The lowest BCUT2D eigenvalue weighted by Crippen LogP contribution is -2.32. The summed E-state index contributed by atoms with van der Waals surface area (Å²) in [5.74, 6) is 0.705. The Morgan fingerprint density at radius 2 is 2.38 bits per heavy atom. The minimum Gasteiger partial charge on any atom is -0.481 e. The molecule has 0 bridgehead atoms. The van der Waals surface area contributed by atoms with Crippen molar-refractivity contribution in [3.8, 4) is 5.88 Å². The topological polar surface area (TPSA) is 38.2 Å². The highest BCUT2D eigenvalue weighted by molar-refractivity contribution is 5.31. The van der Waals surface area contributed by atoms with Crippen LogP contribution in [0.1, 0.15) is 18.2 Å². The molecule has 1 aliphatic heterocycles. The molecule has 0 radical (unpaired) electrons. The molecule has 4 heteroatoms. The third kappa shape index (κ3) is 2.22. The third-order valence-electron chi connectivity index (χ3n) is 2.73. The van der Waals surface area contributed by atoms with Crippen LogP contribution >= 0.6 is 0 Å². The van der Waals surface area contributed by atoms with E-state index >= 15 is 0 Å². The smallest absolute Gasteiger partial charge is 0.220 e. The molecule has 2 rings (SSSR count). The second kappa shape index (κ2) is 4.61. The number of ether oxygens (including phenoxy) is 1. The molecule has 1 aliphatic rings. The van der Waals surface area contributed by atoms with Crippen molar-refractivity contribution in [3.05, 3.63) is 29.7 Å². The summed E-state index contributed by atoms with van der Waals surface area (Å²) >= 11 is 0. The Morgan fingerprint density at radius 1 is 1.56 bits per heavy atom. The van der Waals surface area contributed by atoms with Crippen molar-refractivity contribution < 1.29 is 4.74 Å². The predicted molar refractivity (Wildman–Crippen MR) is 62.4 cm³/mol. The van der Waals surface area contributed by atoms with Crippen molar-refractivity contribution in [2.45, 2.75) is 19.9 Å². The van der Waals surface area contributed by atoms with Crippen LogP contribution in [0.2, 0.25) is 0 Å². The monoisotopic (exact) mass is 219 g/mol. The molecule has 16 heavy (non-hydrogen) atoms. The number of methoxy groups -OCH3 is 1. The van der Waals surface area contributed by atoms with Crippen molar-refractivity contribution in [2.24, 2.45) is 0 Å². The Bertz CT molecular complexity index is 389. The highest BCUT2D eigenvalue weighted by Crippen LogP contribution is 2.24. The Hall–Kier alpha value is -1.42. The quantitative estimate of drug-likeness (QED) is 0.721. The zero-order valence-electron chi connectivity index (χ0n) is 9.86. The number of hydrogen-bond donors (Lipinski definition) is 0. The fourth-order valence-electron chi connectivity index (χ4n) is 2.06. The molecule has 86 valence electrons. The van der Waals surface area contributed by atoms with Crippen molar-refractivity contribution in [2.75, 3.05) is 20.2 Å². The van der Waals surface area contributed by atoms with Gasteiger partial charge in [-0.3, -0.25) is 4.90 Å². The number of rotatable bonds is 3. The van der Waals surface area contributed by atoms with Crippen LogP contribution in [0.4, 0.5) is 0 Å². The summed E-state index contributed by atoms with van der Waals surface area (Å²) in [4.78, 5) is 10.8. The maximum Gasteiger partial charge on any atom is 0.220 e. The summed E-state index contributed by atoms with van der Waals surface area (Å²) in [6.45, 7) is 8.80. The molecule has 2 heterocycles. The predicted octanol–water partition coefficient (Wildman–Crippen LogP) is 1.42. The second-order valence-electron chi connectivity index (χ2n) is 4.23. The summed E-state index contributed by atoms with van der Waals surface area (Å²) in [6.07, 6.45) is 2.54. The Labute approximate surface area is 96.0 Å². The third-order valence-corrected chi connectivity index (χ3v) is 2.73. The maximum absolute atomic E-state index is 5.27. The first kappa shape index (κ1) is 11.1. The summed E-state index contributed by atoms with van der Waals surface area (Å²) in [5.41, 5.74) is 3.42. The van der Waals surface area contributed by atoms with Gasteiger partial charge in [0.1, 0.15) is 6.33 Å². The molecule has 0 aliphatic carbocycles. The first-order valence-corrected chi connectivity index (χ1v) is 5.44. The normalized spacial score (nSPS) is 15.6. The van der Waals surface area contributed by atoms with Gasteiger partial charge in [-0.1, -0.05) is 12.2 Å². The van der Waals surface area contributed by atoms with Crippen molar-refractivity contribution >= 4 is 0 Å². The summed E-state index contributed by atoms with van der Waals surface area (Å²) in [7, 11) is 1.65. The first-order valence-electron chi connectivity index (χ1n) is 5.44. The van der Waals surface area contributed by atoms with Gasteiger partial charge in [0.15, 0.2) is 0 Å². The van der Waals surface area contributed by atoms with E-state index in [2.05, 4.69) is 21.4 Å². The lowest BCUT2D eigenvalue weighted by molar-refractivity contribution is 0.263. The minimum absolute atomic E-state index is 0.705. The van der Waals surface area contributed by atoms with Gasteiger partial charge in [0.25, 0.3) is 0 Å². The molecule has 0 saturated carbocycles. The molecule has 0 saturated heterocycles. The van der Waals surface area contributed by atoms with E-state index in [1.165, 1.54) is 5.57 Å². The number of aromatic nitrogens is 2. The van der Waals surface area contributed by atoms with E-state index in [4.69, 9.17) is 4.74 Å². The van der Waals surface area contributed by atoms with Crippen molar-refractivity contribution in [1.82, 2.24) is 14.9 Å². The van der Waals surface area contributed by atoms with Gasteiger partial charge < -0.3 is 4.74 Å². The van der Waals surface area contributed by atoms with Gasteiger partial charge in [-0.05, 0) is 6.92 Å². The Balaban J connectivity index is 2.21. The molecule has 1 aromatic rings. The van der Waals surface area contributed by atoms with Crippen molar-refractivity contribution in [3.63, 3.8) is 0 Å². The molecule has 0 spiro atoms. The van der Waals surface area contributed by atoms with Gasteiger partial charge >= 0.3 is 0 Å². The van der Waals surface area contributed by atoms with Crippen LogP contribution in [0.25, 0.3) is 0 Å². The van der Waals surface area contributed by atoms with E-state index in [0.717, 1.165) is 37.3 Å². The highest BCUT2D eigenvalue weighted by Gasteiger charge is 2.21. The average Bonchev–Trinajstić information content (AvgIpc) is 2.27. The van der Waals surface area contributed by atoms with E-state index in [1.54, 1.807) is 13.4 Å². The SMILES string of the molecule is C=C(C)CN1CCc2ncnc(OC)c2C1. The molecule has 0 amide bonds. The summed E-state index contributed by atoms with van der Waals surface area (Å²) in [6, 6.07) is 0. The number of fused-ring (bicyclic) bond motifs is 1. The van der Waals surface area contributed by atoms with Gasteiger partial charge in [0.05, 0.1) is 12.8 Å². The molecule has 0 fully saturated rings. The van der Waals surface area contributed by atoms with Crippen LogP contribution in [0.3, 0.4) is 0 Å². The molecular formula is C12H17N3O. The molecule has 0 aromatic carbocycles. The van der Waals surface area contributed by atoms with Crippen LogP contribution in [-0.4, -0.2) is 35.1 Å². The number of hydrogen-bond acceptors (Lipinski definition) is 4. The van der Waals surface area contributed by atoms with Gasteiger partial charge in [-0.25, -0.2) is 9.97 Å². The van der Waals surface area contributed by atoms with Crippen LogP contribution < -0.4 is 4.74 Å². The highest BCUT2D eigenvalue weighted by atomic mass is 16.5. The largest absolute Gasteiger partial charge is 0.481 e. The van der Waals surface area contributed by atoms with E-state index in [-0.39, 0.29) is 0 Å². The molecule has 0 N–H and O–H groups in total. The fourth-order valence-corrected chi connectivity index (χ4v) is 2.06. The van der Waals surface area contributed by atoms with Gasteiger partial charge in [0, 0.05) is 31.6 Å². The van der Waals surface area contributed by atoms with Crippen LogP contribution in [0.15, 0.2) is 18.5 Å². The first-order chi connectivity index (χ1) is 7.70. The average molecular weight is 219 g/mol. The minimum atomic E-state index is 0.705. The van der Waals surface area contributed by atoms with Crippen molar-refractivity contribution in [1.29, 1.82) is 0 Å². The zero-order chi connectivity index (χ0) is 11.5. The Morgan fingerprint density at radius 3 is 3.06 bits per heavy atom.